The van der Waals surface area contributed by atoms with Crippen molar-refractivity contribution >= 4 is 0 Å². The molecule has 0 bridgehead atoms. The molecule has 0 amide bonds. The normalized spacial score (nSPS) is 42.9. The third-order valence-corrected chi connectivity index (χ3v) is 9.90. The predicted octanol–water partition coefficient (Wildman–Crippen LogP) is 6.97. The first-order chi connectivity index (χ1) is 14.0. The summed E-state index contributed by atoms with van der Waals surface area (Å²) in [6.07, 6.45) is 14.5. The molecule has 4 aliphatic rings. The van der Waals surface area contributed by atoms with Gasteiger partial charge < -0.3 is 9.84 Å². The summed E-state index contributed by atoms with van der Waals surface area (Å²) in [5.74, 6) is 1.74. The minimum Gasteiger partial charge on any atom is -0.393 e. The summed E-state index contributed by atoms with van der Waals surface area (Å²) in [6.45, 7) is 16.9. The van der Waals surface area contributed by atoms with Crippen LogP contribution in [0.3, 0.4) is 0 Å². The predicted molar refractivity (Wildman–Crippen MR) is 126 cm³/mol. The Kier molecular flexibility index (Phi) is 5.68. The van der Waals surface area contributed by atoms with E-state index < -0.39 is 0 Å². The quantitative estimate of drug-likeness (QED) is 0.504. The fourth-order valence-electron chi connectivity index (χ4n) is 7.98. The maximum absolute atomic E-state index is 10.7. The highest BCUT2D eigenvalue weighted by molar-refractivity contribution is 5.42. The van der Waals surface area contributed by atoms with Gasteiger partial charge in [-0.05, 0) is 98.9 Å². The molecule has 1 N–H and O–H groups in total. The van der Waals surface area contributed by atoms with Gasteiger partial charge in [0.25, 0.3) is 0 Å². The van der Waals surface area contributed by atoms with Crippen molar-refractivity contribution in [2.24, 2.45) is 34.0 Å². The molecular formula is C28H45O2+. The van der Waals surface area contributed by atoms with Gasteiger partial charge in [0, 0.05) is 0 Å². The van der Waals surface area contributed by atoms with Crippen molar-refractivity contribution in [1.29, 1.82) is 0 Å². The van der Waals surface area contributed by atoms with Crippen LogP contribution in [0, 0.1) is 34.0 Å². The van der Waals surface area contributed by atoms with Gasteiger partial charge in [-0.2, -0.15) is 0 Å². The number of fused-ring (bicyclic) bond motifs is 4. The van der Waals surface area contributed by atoms with Crippen LogP contribution < -0.4 is 0 Å². The molecule has 0 aliphatic heterocycles. The lowest BCUT2D eigenvalue weighted by Crippen LogP contribution is -2.54. The number of hydrogen-bond acceptors (Lipinski definition) is 2. The van der Waals surface area contributed by atoms with Crippen LogP contribution in [0.5, 0.6) is 0 Å². The first-order valence-electron chi connectivity index (χ1n) is 12.4. The van der Waals surface area contributed by atoms with E-state index in [9.17, 15) is 5.11 Å². The molecule has 0 heterocycles. The zero-order chi connectivity index (χ0) is 21.9. The van der Waals surface area contributed by atoms with Gasteiger partial charge in [0.2, 0.25) is 0 Å². The lowest BCUT2D eigenvalue weighted by molar-refractivity contribution is -0.0983. The molecular weight excluding hydrogens is 368 g/mol. The minimum atomic E-state index is -0.182. The Labute approximate surface area is 186 Å². The highest BCUT2D eigenvalue weighted by Gasteiger charge is 2.58. The molecule has 2 saturated carbocycles. The molecule has 0 aromatic carbocycles. The molecule has 2 heteroatoms. The van der Waals surface area contributed by atoms with E-state index in [1.54, 1.807) is 11.1 Å². The zero-order valence-electron chi connectivity index (χ0n) is 21.4. The van der Waals surface area contributed by atoms with Crippen molar-refractivity contribution in [3.05, 3.63) is 34.9 Å². The second-order valence-electron chi connectivity index (χ2n) is 12.1. The first-order valence-corrected chi connectivity index (χ1v) is 12.4. The Hall–Kier alpha value is -0.860. The summed E-state index contributed by atoms with van der Waals surface area (Å²) in [5, 5.41) is 10.7. The number of hydrogen-bond donors (Lipinski definition) is 1. The summed E-state index contributed by atoms with van der Waals surface area (Å²) < 4.78 is 6.29. The van der Waals surface area contributed by atoms with E-state index in [4.69, 9.17) is 4.74 Å². The van der Waals surface area contributed by atoms with Crippen LogP contribution >= 0.6 is 0 Å². The second-order valence-corrected chi connectivity index (χ2v) is 12.1. The molecule has 2 fully saturated rings. The molecule has 4 aliphatic carbocycles. The number of ether oxygens (including phenoxy) is 1. The maximum Gasteiger partial charge on any atom is 1.00 e. The molecule has 0 aromatic heterocycles. The van der Waals surface area contributed by atoms with E-state index in [1.807, 2.05) is 0 Å². The molecule has 168 valence electrons. The molecule has 0 aromatic rings. The van der Waals surface area contributed by atoms with Crippen LogP contribution in [-0.2, 0) is 4.74 Å². The first kappa shape index (κ1) is 22.3. The Morgan fingerprint density at radius 2 is 1.93 bits per heavy atom. The Balaban J connectivity index is 0.00000272. The summed E-state index contributed by atoms with van der Waals surface area (Å²) in [5.41, 5.74) is 5.26. The lowest BCUT2D eigenvalue weighted by atomic mass is 9.46. The zero-order valence-corrected chi connectivity index (χ0v) is 20.4. The molecule has 0 saturated heterocycles. The third-order valence-electron chi connectivity index (χ3n) is 9.90. The van der Waals surface area contributed by atoms with Gasteiger partial charge in [0.05, 0.1) is 18.8 Å². The fourth-order valence-corrected chi connectivity index (χ4v) is 7.98. The highest BCUT2D eigenvalue weighted by Crippen LogP contribution is 2.66. The smallest absolute Gasteiger partial charge is 0.393 e. The number of aliphatic hydroxyl groups is 1. The monoisotopic (exact) mass is 413 g/mol. The van der Waals surface area contributed by atoms with Gasteiger partial charge in [-0.15, -0.1) is 0 Å². The lowest BCUT2D eigenvalue weighted by Gasteiger charge is -2.59. The number of rotatable bonds is 4. The average molecular weight is 414 g/mol. The Bertz CT molecular complexity index is 774. The van der Waals surface area contributed by atoms with Crippen LogP contribution in [0.2, 0.25) is 0 Å². The Morgan fingerprint density at radius 1 is 1.20 bits per heavy atom. The van der Waals surface area contributed by atoms with Crippen molar-refractivity contribution in [3.8, 4) is 0 Å². The van der Waals surface area contributed by atoms with Crippen molar-refractivity contribution in [1.82, 2.24) is 0 Å². The molecule has 2 nitrogen and oxygen atoms in total. The summed E-state index contributed by atoms with van der Waals surface area (Å²) >= 11 is 0. The summed E-state index contributed by atoms with van der Waals surface area (Å²) in [6, 6.07) is 0. The second kappa shape index (κ2) is 7.62. The Morgan fingerprint density at radius 3 is 2.63 bits per heavy atom. The van der Waals surface area contributed by atoms with Gasteiger partial charge in [0.15, 0.2) is 0 Å². The summed E-state index contributed by atoms with van der Waals surface area (Å²) in [4.78, 5) is 0. The van der Waals surface area contributed by atoms with E-state index in [2.05, 4.69) is 66.7 Å². The van der Waals surface area contributed by atoms with Gasteiger partial charge >= 0.3 is 1.43 Å². The van der Waals surface area contributed by atoms with Gasteiger partial charge in [-0.1, -0.05) is 57.1 Å². The maximum atomic E-state index is 10.7. The number of aliphatic hydroxyl groups excluding tert-OH is 1. The van der Waals surface area contributed by atoms with Gasteiger partial charge in [-0.25, -0.2) is 0 Å². The minimum absolute atomic E-state index is 0. The van der Waals surface area contributed by atoms with Gasteiger partial charge in [-0.3, -0.25) is 0 Å². The fraction of sp³-hybridized carbons (Fsp3) is 0.786. The molecule has 0 spiro atoms. The van der Waals surface area contributed by atoms with Crippen molar-refractivity contribution in [2.75, 3.05) is 6.61 Å². The van der Waals surface area contributed by atoms with Gasteiger partial charge in [0.1, 0.15) is 0 Å². The number of allylic oxidation sites excluding steroid dienone is 5. The van der Waals surface area contributed by atoms with E-state index in [0.29, 0.717) is 23.9 Å². The SMILES string of the molecule is CC(C)=CCO[C@@H](C)[C@H]1CCC2=C3C=C[C@H]4C(C)(C)[C@@H](O)CC[C@]4(C)[C@H]3CC[C@@]21C.[H+]. The van der Waals surface area contributed by atoms with Crippen LogP contribution in [-0.4, -0.2) is 23.9 Å². The van der Waals surface area contributed by atoms with Crippen LogP contribution in [0.4, 0.5) is 0 Å². The van der Waals surface area contributed by atoms with E-state index in [-0.39, 0.29) is 23.8 Å². The van der Waals surface area contributed by atoms with Crippen molar-refractivity contribution in [3.63, 3.8) is 0 Å². The standard InChI is InChI=1S/C28H44O2/c1-18(2)14-17-30-19(3)21-9-10-22-20-8-11-24-26(4,5)25(29)13-16-28(24,7)23(20)12-15-27(21,22)6/h8,11,14,19,21,23-25,29H,9-10,12-13,15-17H2,1-7H3/p+1/t19-,21+,23-,24-,25-,27+,28+/m0/s1. The average Bonchev–Trinajstić information content (AvgIpc) is 3.02. The molecule has 0 unspecified atom stereocenters. The van der Waals surface area contributed by atoms with E-state index in [1.165, 1.54) is 31.3 Å². The molecule has 4 rings (SSSR count). The summed E-state index contributed by atoms with van der Waals surface area (Å²) in [7, 11) is 0. The third kappa shape index (κ3) is 3.28. The van der Waals surface area contributed by atoms with Crippen molar-refractivity contribution < 1.29 is 11.3 Å². The molecule has 30 heavy (non-hydrogen) atoms. The van der Waals surface area contributed by atoms with Crippen molar-refractivity contribution in [2.45, 2.75) is 99.2 Å². The highest BCUT2D eigenvalue weighted by atomic mass is 16.5. The van der Waals surface area contributed by atoms with E-state index in [0.717, 1.165) is 19.4 Å². The van der Waals surface area contributed by atoms with Crippen LogP contribution in [0.15, 0.2) is 34.9 Å². The van der Waals surface area contributed by atoms with E-state index >= 15 is 0 Å². The molecule has 7 atom stereocenters. The van der Waals surface area contributed by atoms with Crippen LogP contribution in [0.25, 0.3) is 0 Å². The van der Waals surface area contributed by atoms with Crippen LogP contribution in [0.1, 0.15) is 88.4 Å². The topological polar surface area (TPSA) is 29.5 Å². The largest absolute Gasteiger partial charge is 1.00 e. The molecule has 0 radical (unpaired) electrons.